The largest absolute Gasteiger partial charge is 0.486 e. The maximum atomic E-state index is 12.8. The summed E-state index contributed by atoms with van der Waals surface area (Å²) >= 11 is 0. The van der Waals surface area contributed by atoms with E-state index in [1.165, 1.54) is 4.57 Å². The number of esters is 1. The Morgan fingerprint density at radius 2 is 1.91 bits per heavy atom. The van der Waals surface area contributed by atoms with Crippen molar-refractivity contribution in [1.29, 1.82) is 0 Å². The van der Waals surface area contributed by atoms with Gasteiger partial charge in [0.25, 0.3) is 5.56 Å². The molecule has 3 aromatic rings. The minimum atomic E-state index is -0.709. The van der Waals surface area contributed by atoms with Crippen LogP contribution in [0.2, 0.25) is 0 Å². The summed E-state index contributed by atoms with van der Waals surface area (Å²) in [7, 11) is 5.17. The molecule has 0 amide bonds. The van der Waals surface area contributed by atoms with Crippen molar-refractivity contribution in [3.8, 4) is 17.0 Å². The molecule has 0 aliphatic rings. The lowest BCUT2D eigenvalue weighted by Gasteiger charge is -2.21. The Kier molecular flexibility index (Phi) is 6.86. The first-order chi connectivity index (χ1) is 15.3. The van der Waals surface area contributed by atoms with E-state index in [1.807, 2.05) is 20.2 Å². The zero-order valence-corrected chi connectivity index (χ0v) is 19.1. The molecule has 0 unspecified atom stereocenters. The molecule has 0 saturated carbocycles. The van der Waals surface area contributed by atoms with E-state index in [9.17, 15) is 9.59 Å². The van der Waals surface area contributed by atoms with Gasteiger partial charge in [-0.15, -0.1) is 0 Å². The van der Waals surface area contributed by atoms with Crippen molar-refractivity contribution in [2.45, 2.75) is 27.3 Å². The van der Waals surface area contributed by atoms with Crippen LogP contribution in [0, 0.1) is 6.92 Å². The third-order valence-corrected chi connectivity index (χ3v) is 4.72. The van der Waals surface area contributed by atoms with E-state index in [1.54, 1.807) is 49.9 Å². The van der Waals surface area contributed by atoms with Crippen LogP contribution in [0.4, 0.5) is 5.95 Å². The van der Waals surface area contributed by atoms with Crippen molar-refractivity contribution in [2.24, 2.45) is 14.1 Å². The maximum absolute atomic E-state index is 12.8. The van der Waals surface area contributed by atoms with Crippen LogP contribution in [0.1, 0.15) is 35.7 Å². The van der Waals surface area contributed by atoms with Crippen LogP contribution in [0.25, 0.3) is 11.3 Å². The van der Waals surface area contributed by atoms with Gasteiger partial charge in [0, 0.05) is 32.9 Å². The molecule has 170 valence electrons. The Labute approximate surface area is 185 Å². The second-order valence-corrected chi connectivity index (χ2v) is 7.16. The van der Waals surface area contributed by atoms with Crippen LogP contribution >= 0.6 is 0 Å². The van der Waals surface area contributed by atoms with Crippen LogP contribution in [0.5, 0.6) is 5.75 Å². The standard InChI is InChI=1S/C21H27N7O4/c1-7-31-18-17(20(30)32-8-2)24-21(28(6)19(18)29)26(4)11-14-9-23-16(10-22-14)15-12-27(5)25-13(15)3/h9-10,12H,7-8,11H2,1-6H3. The van der Waals surface area contributed by atoms with Crippen LogP contribution in [-0.2, 0) is 25.4 Å². The molecule has 0 N–H and O–H groups in total. The summed E-state index contributed by atoms with van der Waals surface area (Å²) in [4.78, 5) is 40.3. The van der Waals surface area contributed by atoms with E-state index in [0.717, 1.165) is 17.0 Å². The second kappa shape index (κ2) is 9.58. The Morgan fingerprint density at radius 1 is 1.16 bits per heavy atom. The van der Waals surface area contributed by atoms with Gasteiger partial charge in [-0.05, 0) is 20.8 Å². The van der Waals surface area contributed by atoms with E-state index >= 15 is 0 Å². The minimum absolute atomic E-state index is 0.124. The van der Waals surface area contributed by atoms with E-state index in [2.05, 4.69) is 20.1 Å². The van der Waals surface area contributed by atoms with Crippen LogP contribution in [0.15, 0.2) is 23.4 Å². The predicted molar refractivity (Wildman–Crippen MR) is 118 cm³/mol. The van der Waals surface area contributed by atoms with E-state index < -0.39 is 11.5 Å². The molecule has 0 aliphatic carbocycles. The van der Waals surface area contributed by atoms with Gasteiger partial charge in [0.15, 0.2) is 5.69 Å². The van der Waals surface area contributed by atoms with E-state index in [-0.39, 0.29) is 30.6 Å². The molecular weight excluding hydrogens is 414 g/mol. The number of hydrogen-bond acceptors (Lipinski definition) is 9. The Balaban J connectivity index is 1.90. The van der Waals surface area contributed by atoms with E-state index in [0.29, 0.717) is 12.2 Å². The zero-order valence-electron chi connectivity index (χ0n) is 19.1. The number of hydrogen-bond donors (Lipinski definition) is 0. The lowest BCUT2D eigenvalue weighted by atomic mass is 10.2. The molecule has 3 heterocycles. The molecule has 0 saturated heterocycles. The fourth-order valence-electron chi connectivity index (χ4n) is 3.26. The highest BCUT2D eigenvalue weighted by Crippen LogP contribution is 2.21. The number of nitrogens with zero attached hydrogens (tertiary/aromatic N) is 7. The molecule has 32 heavy (non-hydrogen) atoms. The van der Waals surface area contributed by atoms with Gasteiger partial charge in [-0.1, -0.05) is 0 Å². The molecule has 0 aromatic carbocycles. The average Bonchev–Trinajstić information content (AvgIpc) is 3.10. The third kappa shape index (κ3) is 4.61. The van der Waals surface area contributed by atoms with Crippen molar-refractivity contribution in [3.05, 3.63) is 46.0 Å². The summed E-state index contributed by atoms with van der Waals surface area (Å²) in [6.45, 7) is 6.01. The van der Waals surface area contributed by atoms with Gasteiger partial charge in [0.05, 0.1) is 49.2 Å². The molecule has 3 aromatic heterocycles. The molecule has 11 heteroatoms. The van der Waals surface area contributed by atoms with Crippen molar-refractivity contribution in [3.63, 3.8) is 0 Å². The lowest BCUT2D eigenvalue weighted by molar-refractivity contribution is 0.0513. The quantitative estimate of drug-likeness (QED) is 0.479. The summed E-state index contributed by atoms with van der Waals surface area (Å²) < 4.78 is 13.5. The Hall–Kier alpha value is -3.76. The number of carbonyl (C=O) groups excluding carboxylic acids is 1. The van der Waals surface area contributed by atoms with Gasteiger partial charge in [0.2, 0.25) is 11.7 Å². The first kappa shape index (κ1) is 22.9. The van der Waals surface area contributed by atoms with Gasteiger partial charge < -0.3 is 14.4 Å². The van der Waals surface area contributed by atoms with E-state index in [4.69, 9.17) is 9.47 Å². The summed E-state index contributed by atoms with van der Waals surface area (Å²) in [5.41, 5.74) is 2.55. The van der Waals surface area contributed by atoms with Crippen molar-refractivity contribution in [1.82, 2.24) is 29.3 Å². The molecule has 11 nitrogen and oxygen atoms in total. The van der Waals surface area contributed by atoms with Crippen molar-refractivity contribution < 1.29 is 14.3 Å². The zero-order chi connectivity index (χ0) is 23.4. The van der Waals surface area contributed by atoms with Gasteiger partial charge in [-0.2, -0.15) is 5.10 Å². The fourth-order valence-corrected chi connectivity index (χ4v) is 3.26. The summed E-state index contributed by atoms with van der Waals surface area (Å²) in [5.74, 6) is -0.559. The number of aryl methyl sites for hydroxylation is 2. The van der Waals surface area contributed by atoms with Crippen molar-refractivity contribution >= 4 is 11.9 Å². The summed E-state index contributed by atoms with van der Waals surface area (Å²) in [5, 5.41) is 4.32. The van der Waals surface area contributed by atoms with Crippen LogP contribution in [-0.4, -0.2) is 55.5 Å². The van der Waals surface area contributed by atoms with Gasteiger partial charge in [0.1, 0.15) is 0 Å². The normalized spacial score (nSPS) is 10.8. The number of aromatic nitrogens is 6. The first-order valence-corrected chi connectivity index (χ1v) is 10.2. The van der Waals surface area contributed by atoms with Crippen LogP contribution < -0.4 is 15.2 Å². The molecule has 0 bridgehead atoms. The van der Waals surface area contributed by atoms with Crippen LogP contribution in [0.3, 0.4) is 0 Å². The van der Waals surface area contributed by atoms with Gasteiger partial charge in [-0.25, -0.2) is 9.78 Å². The molecular formula is C21H27N7O4. The monoisotopic (exact) mass is 441 g/mol. The average molecular weight is 441 g/mol. The lowest BCUT2D eigenvalue weighted by Crippen LogP contribution is -2.32. The number of ether oxygens (including phenoxy) is 2. The SMILES string of the molecule is CCOC(=O)c1nc(N(C)Cc2cnc(-c3cn(C)nc3C)cn2)n(C)c(=O)c1OCC. The molecule has 0 fully saturated rings. The van der Waals surface area contributed by atoms with Gasteiger partial charge in [-0.3, -0.25) is 24.0 Å². The predicted octanol–water partition coefficient (Wildman–Crippen LogP) is 1.49. The molecule has 0 aliphatic heterocycles. The number of carbonyl (C=O) groups is 1. The fraction of sp³-hybridized carbons (Fsp3) is 0.429. The van der Waals surface area contributed by atoms with Crippen molar-refractivity contribution in [2.75, 3.05) is 25.2 Å². The highest BCUT2D eigenvalue weighted by Gasteiger charge is 2.24. The number of anilines is 1. The number of rotatable bonds is 8. The second-order valence-electron chi connectivity index (χ2n) is 7.16. The summed E-state index contributed by atoms with van der Waals surface area (Å²) in [6, 6.07) is 0. The highest BCUT2D eigenvalue weighted by atomic mass is 16.5. The molecule has 0 radical (unpaired) electrons. The summed E-state index contributed by atoms with van der Waals surface area (Å²) in [6.07, 6.45) is 5.24. The maximum Gasteiger partial charge on any atom is 0.361 e. The molecule has 0 spiro atoms. The molecule has 0 atom stereocenters. The Bertz CT molecular complexity index is 1170. The third-order valence-electron chi connectivity index (χ3n) is 4.72. The smallest absolute Gasteiger partial charge is 0.361 e. The minimum Gasteiger partial charge on any atom is -0.486 e. The Morgan fingerprint density at radius 3 is 2.47 bits per heavy atom. The first-order valence-electron chi connectivity index (χ1n) is 10.2. The topological polar surface area (TPSA) is 117 Å². The molecule has 3 rings (SSSR count). The van der Waals surface area contributed by atoms with Gasteiger partial charge >= 0.3 is 5.97 Å². The highest BCUT2D eigenvalue weighted by molar-refractivity contribution is 5.90.